The zero-order valence-corrected chi connectivity index (χ0v) is 19.7. The normalized spacial score (nSPS) is 15.2. The van der Waals surface area contributed by atoms with Gasteiger partial charge in [-0.1, -0.05) is 143 Å². The Morgan fingerprint density at radius 2 is 0.615 bits per heavy atom. The van der Waals surface area contributed by atoms with Crippen LogP contribution < -0.4 is 0 Å². The van der Waals surface area contributed by atoms with E-state index in [0.29, 0.717) is 0 Å². The highest BCUT2D eigenvalue weighted by molar-refractivity contribution is 9.42. The van der Waals surface area contributed by atoms with E-state index in [1.807, 2.05) is 0 Å². The molecular weight excluding hydrogens is 767 g/mol. The summed E-state index contributed by atoms with van der Waals surface area (Å²) in [6, 6.07) is 0. The van der Waals surface area contributed by atoms with Crippen LogP contribution in [0.3, 0.4) is 0 Å². The van der Waals surface area contributed by atoms with E-state index in [1.165, 1.54) is 0 Å². The highest BCUT2D eigenvalue weighted by atomic mass is 80.0. The Hall–Kier alpha value is 4.32. The van der Waals surface area contributed by atoms with Gasteiger partial charge in [0.25, 0.3) is 0 Å². The maximum Gasteiger partial charge on any atom is 0.147 e. The van der Waals surface area contributed by atoms with Crippen molar-refractivity contribution in [2.45, 2.75) is 6.43 Å². The fourth-order valence-corrected chi connectivity index (χ4v) is 13.0. The molecule has 0 saturated carbocycles. The molecule has 0 N–H and O–H groups in total. The molecule has 0 aliphatic rings. The maximum atomic E-state index is 3.43. The van der Waals surface area contributed by atoms with E-state index < -0.39 is 6.43 Å². The topological polar surface area (TPSA) is 0 Å². The van der Waals surface area contributed by atoms with Crippen LogP contribution in [0.15, 0.2) is 0 Å². The number of hydrogen-bond acceptors (Lipinski definition) is 0. The summed E-state index contributed by atoms with van der Waals surface area (Å²) in [4.78, 5) is 0. The molecule has 0 saturated heterocycles. The van der Waals surface area contributed by atoms with Crippen molar-refractivity contribution in [3.63, 3.8) is 0 Å². The first-order valence-corrected chi connectivity index (χ1v) is 9.59. The van der Waals surface area contributed by atoms with Crippen LogP contribution in [-0.4, -0.2) is 6.43 Å². The van der Waals surface area contributed by atoms with Crippen LogP contribution in [0.4, 0.5) is 0 Å². The smallest absolute Gasteiger partial charge is 0.0590 e. The average molecular weight is 767 g/mol. The van der Waals surface area contributed by atoms with Gasteiger partial charge in [-0.2, -0.15) is 0 Å². The van der Waals surface area contributed by atoms with Crippen molar-refractivity contribution in [3.05, 3.63) is 5.92 Å². The number of halogens is 9. The van der Waals surface area contributed by atoms with Crippen LogP contribution >= 0.6 is 143 Å². The van der Waals surface area contributed by atoms with Crippen molar-refractivity contribution in [3.8, 4) is 0 Å². The van der Waals surface area contributed by atoms with Gasteiger partial charge >= 0.3 is 0 Å². The maximum absolute atomic E-state index is 3.43. The van der Waals surface area contributed by atoms with Gasteiger partial charge in [-0.05, 0) is 0 Å². The molecule has 0 aromatic carbocycles. The second-order valence-electron chi connectivity index (χ2n) is 1.87. The molecule has 79 valence electrons. The average Bonchev–Trinajstić information content (AvgIpc) is 1.44. The lowest BCUT2D eigenvalue weighted by Crippen LogP contribution is -2.36. The van der Waals surface area contributed by atoms with E-state index in [4.69, 9.17) is 0 Å². The molecule has 9 heteroatoms. The van der Waals surface area contributed by atoms with Gasteiger partial charge in [-0.3, -0.25) is 0 Å². The standard InChI is InChI=1S/C4Br9/c5-2(6,7)1(3(8,9)10)4(11,12)13. The number of hydrogen-bond donors (Lipinski definition) is 0. The third-order valence-corrected chi connectivity index (χ3v) is 4.42. The van der Waals surface area contributed by atoms with Crippen LogP contribution in [0.1, 0.15) is 0 Å². The SMILES string of the molecule is BrC(Br)(Br)[C](C(Br)(Br)Br)C(Br)(Br)Br. The summed E-state index contributed by atoms with van der Waals surface area (Å²) >= 11 is 30.9. The van der Waals surface area contributed by atoms with Gasteiger partial charge in [-0.15, -0.1) is 0 Å². The van der Waals surface area contributed by atoms with E-state index in [2.05, 4.69) is 143 Å². The summed E-state index contributed by atoms with van der Waals surface area (Å²) in [5.74, 6) is 0.896. The Morgan fingerprint density at radius 3 is 0.615 bits per heavy atom. The molecule has 0 aromatic heterocycles. The molecule has 0 aliphatic heterocycles. The van der Waals surface area contributed by atoms with Crippen LogP contribution in [0.5, 0.6) is 0 Å². The minimum absolute atomic E-state index is 0.542. The van der Waals surface area contributed by atoms with Gasteiger partial charge < -0.3 is 0 Å². The molecule has 0 amide bonds. The second kappa shape index (κ2) is 5.97. The molecule has 0 spiro atoms. The van der Waals surface area contributed by atoms with Crippen molar-refractivity contribution in [2.24, 2.45) is 0 Å². The lowest BCUT2D eigenvalue weighted by Gasteiger charge is -2.37. The molecule has 0 rings (SSSR count). The Balaban J connectivity index is 5.02. The third kappa shape index (κ3) is 6.72. The van der Waals surface area contributed by atoms with Crippen LogP contribution in [0.2, 0.25) is 0 Å². The van der Waals surface area contributed by atoms with E-state index in [1.54, 1.807) is 0 Å². The molecule has 0 aliphatic carbocycles. The van der Waals surface area contributed by atoms with Crippen molar-refractivity contribution in [1.82, 2.24) is 0 Å². The fraction of sp³-hybridized carbons (Fsp3) is 0.750. The fourth-order valence-electron chi connectivity index (χ4n) is 0.482. The quantitative estimate of drug-likeness (QED) is 0.232. The molecule has 0 fully saturated rings. The molecule has 0 aromatic rings. The Morgan fingerprint density at radius 1 is 0.462 bits per heavy atom. The Kier molecular flexibility index (Phi) is 7.96. The summed E-state index contributed by atoms with van der Waals surface area (Å²) in [6.07, 6.45) is 0. The first-order valence-electron chi connectivity index (χ1n) is 2.45. The number of rotatable bonds is 0. The molecule has 1 radical (unpaired) electrons. The minimum Gasteiger partial charge on any atom is -0.0590 e. The highest BCUT2D eigenvalue weighted by Crippen LogP contribution is 2.65. The lowest BCUT2D eigenvalue weighted by atomic mass is 10.3. The van der Waals surface area contributed by atoms with E-state index >= 15 is 0 Å². The second-order valence-corrected chi connectivity index (χ2v) is 22.2. The van der Waals surface area contributed by atoms with Crippen molar-refractivity contribution in [2.75, 3.05) is 0 Å². The van der Waals surface area contributed by atoms with E-state index in [0.717, 1.165) is 5.92 Å². The van der Waals surface area contributed by atoms with Crippen LogP contribution in [0.25, 0.3) is 0 Å². The monoisotopic (exact) mass is 758 g/mol. The predicted octanol–water partition coefficient (Wildman–Crippen LogP) is 7.08. The molecule has 0 bridgehead atoms. The predicted molar refractivity (Wildman–Crippen MR) is 91.8 cm³/mol. The summed E-state index contributed by atoms with van der Waals surface area (Å²) in [6.45, 7) is 0. The summed E-state index contributed by atoms with van der Waals surface area (Å²) in [5, 5.41) is 0. The van der Waals surface area contributed by atoms with E-state index in [-0.39, 0.29) is 0 Å². The molecule has 0 atom stereocenters. The number of alkyl halides is 9. The van der Waals surface area contributed by atoms with Crippen LogP contribution in [0, 0.1) is 5.92 Å². The van der Waals surface area contributed by atoms with Gasteiger partial charge in [0.05, 0.1) is 5.92 Å². The molecule has 0 unspecified atom stereocenters. The van der Waals surface area contributed by atoms with Crippen molar-refractivity contribution < 1.29 is 0 Å². The Bertz CT molecular complexity index is 134. The van der Waals surface area contributed by atoms with Crippen molar-refractivity contribution >= 4 is 143 Å². The van der Waals surface area contributed by atoms with E-state index in [9.17, 15) is 0 Å². The summed E-state index contributed by atoms with van der Waals surface area (Å²) in [5.41, 5.74) is 0. The van der Waals surface area contributed by atoms with Crippen LogP contribution in [-0.2, 0) is 0 Å². The van der Waals surface area contributed by atoms with Gasteiger partial charge in [-0.25, -0.2) is 0 Å². The third-order valence-electron chi connectivity index (χ3n) is 0.850. The van der Waals surface area contributed by atoms with Crippen molar-refractivity contribution in [1.29, 1.82) is 0 Å². The zero-order chi connectivity index (χ0) is 11.1. The summed E-state index contributed by atoms with van der Waals surface area (Å²) < 4.78 is -1.63. The minimum atomic E-state index is -0.542. The van der Waals surface area contributed by atoms with Gasteiger partial charge in [0.2, 0.25) is 0 Å². The van der Waals surface area contributed by atoms with Gasteiger partial charge in [0.1, 0.15) is 6.43 Å². The summed E-state index contributed by atoms with van der Waals surface area (Å²) in [7, 11) is 0. The molecule has 0 heterocycles. The van der Waals surface area contributed by atoms with Gasteiger partial charge in [0.15, 0.2) is 0 Å². The Labute approximate surface area is 153 Å². The lowest BCUT2D eigenvalue weighted by molar-refractivity contribution is 1.01. The molecule has 0 nitrogen and oxygen atoms in total. The first kappa shape index (κ1) is 17.3. The highest BCUT2D eigenvalue weighted by Gasteiger charge is 2.54. The van der Waals surface area contributed by atoms with Gasteiger partial charge in [0, 0.05) is 0 Å². The largest absolute Gasteiger partial charge is 0.147 e. The molecule has 13 heavy (non-hydrogen) atoms. The first-order chi connectivity index (χ1) is 5.37. The molecular formula is C4Br9. The zero-order valence-electron chi connectivity index (χ0n) is 5.40.